The van der Waals surface area contributed by atoms with Crippen LogP contribution in [-0.2, 0) is 6.61 Å². The average molecular weight is 295 g/mol. The maximum absolute atomic E-state index is 13.3. The second-order valence-corrected chi connectivity index (χ2v) is 5.16. The molecular formula is C16H16ClFO2. The Labute approximate surface area is 122 Å². The lowest BCUT2D eigenvalue weighted by atomic mass is 10.1. The van der Waals surface area contributed by atoms with Crippen LogP contribution in [0.2, 0.25) is 5.02 Å². The highest BCUT2D eigenvalue weighted by molar-refractivity contribution is 6.30. The molecule has 1 N–H and O–H groups in total. The third-order valence-corrected chi connectivity index (χ3v) is 3.30. The molecule has 2 aromatic carbocycles. The van der Waals surface area contributed by atoms with Crippen LogP contribution in [0.5, 0.6) is 5.75 Å². The van der Waals surface area contributed by atoms with Crippen LogP contribution in [0.25, 0.3) is 0 Å². The highest BCUT2D eigenvalue weighted by Gasteiger charge is 2.10. The van der Waals surface area contributed by atoms with Crippen LogP contribution in [0.4, 0.5) is 4.39 Å². The molecule has 0 saturated carbocycles. The first-order valence-corrected chi connectivity index (χ1v) is 6.70. The van der Waals surface area contributed by atoms with E-state index in [1.807, 2.05) is 25.1 Å². The van der Waals surface area contributed by atoms with Gasteiger partial charge in [0.1, 0.15) is 18.2 Å². The molecule has 2 aromatic rings. The quantitative estimate of drug-likeness (QED) is 0.904. The van der Waals surface area contributed by atoms with E-state index in [2.05, 4.69) is 0 Å². The molecule has 2 rings (SSSR count). The lowest BCUT2D eigenvalue weighted by Gasteiger charge is -2.14. The Morgan fingerprint density at radius 1 is 1.25 bits per heavy atom. The zero-order valence-corrected chi connectivity index (χ0v) is 12.1. The smallest absolute Gasteiger partial charge is 0.142 e. The van der Waals surface area contributed by atoms with E-state index < -0.39 is 11.9 Å². The monoisotopic (exact) mass is 294 g/mol. The van der Waals surface area contributed by atoms with Gasteiger partial charge in [0.15, 0.2) is 0 Å². The summed E-state index contributed by atoms with van der Waals surface area (Å²) in [6, 6.07) is 10.2. The summed E-state index contributed by atoms with van der Waals surface area (Å²) in [5.74, 6) is 0.142. The van der Waals surface area contributed by atoms with E-state index in [9.17, 15) is 9.50 Å². The fraction of sp³-hybridized carbons (Fsp3) is 0.250. The molecule has 2 nitrogen and oxygen atoms in total. The van der Waals surface area contributed by atoms with Crippen molar-refractivity contribution < 1.29 is 14.2 Å². The Hall–Kier alpha value is -1.58. The first kappa shape index (κ1) is 14.8. The van der Waals surface area contributed by atoms with Crippen molar-refractivity contribution in [3.05, 3.63) is 63.9 Å². The van der Waals surface area contributed by atoms with Crippen molar-refractivity contribution in [3.8, 4) is 5.75 Å². The Kier molecular flexibility index (Phi) is 4.63. The fourth-order valence-electron chi connectivity index (χ4n) is 1.90. The Bertz CT molecular complexity index is 611. The van der Waals surface area contributed by atoms with E-state index in [4.69, 9.17) is 16.3 Å². The van der Waals surface area contributed by atoms with Gasteiger partial charge in [-0.3, -0.25) is 0 Å². The summed E-state index contributed by atoms with van der Waals surface area (Å²) in [5.41, 5.74) is 2.43. The van der Waals surface area contributed by atoms with Crippen LogP contribution >= 0.6 is 11.6 Å². The van der Waals surface area contributed by atoms with E-state index in [0.717, 1.165) is 5.56 Å². The molecule has 0 saturated heterocycles. The third kappa shape index (κ3) is 3.50. The van der Waals surface area contributed by atoms with Crippen molar-refractivity contribution >= 4 is 11.6 Å². The lowest BCUT2D eigenvalue weighted by molar-refractivity contribution is 0.190. The van der Waals surface area contributed by atoms with Gasteiger partial charge in [0.2, 0.25) is 0 Å². The van der Waals surface area contributed by atoms with Gasteiger partial charge in [0, 0.05) is 5.56 Å². The molecule has 0 aromatic heterocycles. The second-order valence-electron chi connectivity index (χ2n) is 4.75. The van der Waals surface area contributed by atoms with E-state index in [1.165, 1.54) is 12.1 Å². The van der Waals surface area contributed by atoms with Crippen LogP contribution in [0, 0.1) is 12.7 Å². The van der Waals surface area contributed by atoms with Crippen molar-refractivity contribution in [1.29, 1.82) is 0 Å². The minimum Gasteiger partial charge on any atom is -0.489 e. The predicted molar refractivity (Wildman–Crippen MR) is 77.6 cm³/mol. The molecule has 0 unspecified atom stereocenters. The molecule has 0 spiro atoms. The minimum atomic E-state index is -0.618. The number of hydrogen-bond acceptors (Lipinski definition) is 2. The molecule has 1 atom stereocenters. The number of aliphatic hydroxyl groups is 1. The van der Waals surface area contributed by atoms with Crippen molar-refractivity contribution in [2.75, 3.05) is 0 Å². The van der Waals surface area contributed by atoms with Gasteiger partial charge in [0.05, 0.1) is 11.1 Å². The summed E-state index contributed by atoms with van der Waals surface area (Å²) in [5, 5.41) is 9.81. The van der Waals surface area contributed by atoms with Gasteiger partial charge in [-0.1, -0.05) is 29.8 Å². The van der Waals surface area contributed by atoms with Crippen LogP contribution < -0.4 is 4.74 Å². The first-order valence-electron chi connectivity index (χ1n) is 6.32. The molecule has 106 valence electrons. The van der Waals surface area contributed by atoms with Gasteiger partial charge in [0.25, 0.3) is 0 Å². The fourth-order valence-corrected chi connectivity index (χ4v) is 2.02. The van der Waals surface area contributed by atoms with E-state index in [1.54, 1.807) is 13.0 Å². The Morgan fingerprint density at radius 2 is 2.00 bits per heavy atom. The maximum Gasteiger partial charge on any atom is 0.142 e. The van der Waals surface area contributed by atoms with Gasteiger partial charge >= 0.3 is 0 Å². The highest BCUT2D eigenvalue weighted by Crippen LogP contribution is 2.27. The topological polar surface area (TPSA) is 29.5 Å². The summed E-state index contributed by atoms with van der Waals surface area (Å²) >= 11 is 5.64. The van der Waals surface area contributed by atoms with Crippen LogP contribution in [-0.4, -0.2) is 5.11 Å². The summed E-state index contributed by atoms with van der Waals surface area (Å²) in [6.45, 7) is 3.84. The molecule has 0 aliphatic rings. The Morgan fingerprint density at radius 3 is 2.65 bits per heavy atom. The largest absolute Gasteiger partial charge is 0.489 e. The van der Waals surface area contributed by atoms with Crippen molar-refractivity contribution in [2.24, 2.45) is 0 Å². The zero-order valence-electron chi connectivity index (χ0n) is 11.4. The molecule has 0 aliphatic carbocycles. The summed E-state index contributed by atoms with van der Waals surface area (Å²) in [7, 11) is 0. The molecular weight excluding hydrogens is 279 g/mol. The first-order chi connectivity index (χ1) is 9.47. The van der Waals surface area contributed by atoms with E-state index in [0.29, 0.717) is 16.9 Å². The van der Waals surface area contributed by atoms with Crippen LogP contribution in [0.1, 0.15) is 29.7 Å². The number of aliphatic hydroxyl groups excluding tert-OH is 1. The zero-order chi connectivity index (χ0) is 14.7. The van der Waals surface area contributed by atoms with Crippen molar-refractivity contribution in [1.82, 2.24) is 0 Å². The molecule has 0 amide bonds. The van der Waals surface area contributed by atoms with Crippen LogP contribution in [0.15, 0.2) is 36.4 Å². The molecule has 0 bridgehead atoms. The number of rotatable bonds is 4. The molecule has 0 radical (unpaired) electrons. The molecule has 20 heavy (non-hydrogen) atoms. The second kappa shape index (κ2) is 6.25. The predicted octanol–water partition coefficient (Wildman–Crippen LogP) is 4.42. The molecule has 0 aliphatic heterocycles. The molecule has 0 fully saturated rings. The highest BCUT2D eigenvalue weighted by atomic mass is 35.5. The van der Waals surface area contributed by atoms with Gasteiger partial charge in [-0.25, -0.2) is 4.39 Å². The van der Waals surface area contributed by atoms with Crippen molar-refractivity contribution in [2.45, 2.75) is 26.6 Å². The van der Waals surface area contributed by atoms with Crippen molar-refractivity contribution in [3.63, 3.8) is 0 Å². The van der Waals surface area contributed by atoms with Crippen LogP contribution in [0.3, 0.4) is 0 Å². The SMILES string of the molecule is Cc1ccc([C@@H](C)O)c(OCc2ccc(Cl)c(F)c2)c1. The number of benzene rings is 2. The number of aryl methyl sites for hydroxylation is 1. The number of halogens is 2. The Balaban J connectivity index is 2.17. The number of ether oxygens (including phenoxy) is 1. The van der Waals surface area contributed by atoms with Gasteiger partial charge in [-0.05, 0) is 43.2 Å². The average Bonchev–Trinajstić information content (AvgIpc) is 2.40. The normalized spacial score (nSPS) is 12.2. The summed E-state index contributed by atoms with van der Waals surface area (Å²) < 4.78 is 19.0. The number of hydrogen-bond donors (Lipinski definition) is 1. The maximum atomic E-state index is 13.3. The van der Waals surface area contributed by atoms with Gasteiger partial charge < -0.3 is 9.84 Å². The lowest BCUT2D eigenvalue weighted by Crippen LogP contribution is -2.01. The molecule has 0 heterocycles. The summed E-state index contributed by atoms with van der Waals surface area (Å²) in [6.07, 6.45) is -0.618. The molecule has 4 heteroatoms. The van der Waals surface area contributed by atoms with Gasteiger partial charge in [-0.2, -0.15) is 0 Å². The van der Waals surface area contributed by atoms with Gasteiger partial charge in [-0.15, -0.1) is 0 Å². The third-order valence-electron chi connectivity index (χ3n) is 3.00. The van der Waals surface area contributed by atoms with E-state index in [-0.39, 0.29) is 11.6 Å². The minimum absolute atomic E-state index is 0.0916. The standard InChI is InChI=1S/C16H16ClFO2/c1-10-3-5-13(11(2)19)16(7-10)20-9-12-4-6-14(17)15(18)8-12/h3-8,11,19H,9H2,1-2H3/t11-/m1/s1. The van der Waals surface area contributed by atoms with E-state index >= 15 is 0 Å². The summed E-state index contributed by atoms with van der Waals surface area (Å²) in [4.78, 5) is 0.